The molecule has 1 aliphatic heterocycles. The van der Waals surface area contributed by atoms with Gasteiger partial charge in [0.2, 0.25) is 0 Å². The average molecular weight is 234 g/mol. The minimum atomic E-state index is 0. The van der Waals surface area contributed by atoms with Gasteiger partial charge in [0.1, 0.15) is 0 Å². The Morgan fingerprint density at radius 3 is 3.21 bits per heavy atom. The molecule has 14 heavy (non-hydrogen) atoms. The molecule has 1 aromatic rings. The van der Waals surface area contributed by atoms with E-state index < -0.39 is 0 Å². The van der Waals surface area contributed by atoms with Crippen molar-refractivity contribution in [3.05, 3.63) is 16.6 Å². The summed E-state index contributed by atoms with van der Waals surface area (Å²) in [5.74, 6) is 0.827. The molecule has 1 aromatic heterocycles. The SMILES string of the molecule is Cl.c1ncc(CNCC2CCNC2)s1. The van der Waals surface area contributed by atoms with Crippen molar-refractivity contribution in [1.82, 2.24) is 15.6 Å². The van der Waals surface area contributed by atoms with Crippen LogP contribution in [0.25, 0.3) is 0 Å². The first-order chi connectivity index (χ1) is 6.45. The van der Waals surface area contributed by atoms with Gasteiger partial charge < -0.3 is 10.6 Å². The molecule has 2 N–H and O–H groups in total. The lowest BCUT2D eigenvalue weighted by atomic mass is 10.1. The highest BCUT2D eigenvalue weighted by molar-refractivity contribution is 7.09. The number of hydrogen-bond donors (Lipinski definition) is 2. The smallest absolute Gasteiger partial charge is 0.0794 e. The number of aromatic nitrogens is 1. The van der Waals surface area contributed by atoms with Crippen molar-refractivity contribution in [3.63, 3.8) is 0 Å². The minimum Gasteiger partial charge on any atom is -0.316 e. The van der Waals surface area contributed by atoms with Gasteiger partial charge in [0.15, 0.2) is 0 Å². The third-order valence-corrected chi connectivity index (χ3v) is 3.16. The molecule has 1 unspecified atom stereocenters. The molecule has 0 radical (unpaired) electrons. The van der Waals surface area contributed by atoms with Gasteiger partial charge in [-0.15, -0.1) is 23.7 Å². The lowest BCUT2D eigenvalue weighted by Gasteiger charge is -2.08. The number of thiazole rings is 1. The highest BCUT2D eigenvalue weighted by atomic mass is 35.5. The fourth-order valence-corrected chi connectivity index (χ4v) is 2.18. The fourth-order valence-electron chi connectivity index (χ4n) is 1.62. The van der Waals surface area contributed by atoms with Crippen LogP contribution in [-0.2, 0) is 6.54 Å². The molecule has 1 saturated heterocycles. The topological polar surface area (TPSA) is 37.0 Å². The highest BCUT2D eigenvalue weighted by Crippen LogP contribution is 2.07. The van der Waals surface area contributed by atoms with Crippen LogP contribution in [0, 0.1) is 5.92 Å². The molecule has 0 spiro atoms. The number of nitrogens with zero attached hydrogens (tertiary/aromatic N) is 1. The van der Waals surface area contributed by atoms with E-state index in [2.05, 4.69) is 15.6 Å². The Hall–Kier alpha value is -0.160. The summed E-state index contributed by atoms with van der Waals surface area (Å²) in [6, 6.07) is 0. The second-order valence-corrected chi connectivity index (χ2v) is 4.43. The number of hydrogen-bond acceptors (Lipinski definition) is 4. The van der Waals surface area contributed by atoms with Gasteiger partial charge in [0.25, 0.3) is 0 Å². The molecule has 1 fully saturated rings. The van der Waals surface area contributed by atoms with Crippen molar-refractivity contribution < 1.29 is 0 Å². The van der Waals surface area contributed by atoms with Gasteiger partial charge in [-0.05, 0) is 32.0 Å². The van der Waals surface area contributed by atoms with Crippen LogP contribution in [0.15, 0.2) is 11.7 Å². The predicted octanol–water partition coefficient (Wildman–Crippen LogP) is 1.26. The molecule has 0 bridgehead atoms. The van der Waals surface area contributed by atoms with E-state index in [1.807, 2.05) is 11.7 Å². The molecule has 0 aliphatic carbocycles. The standard InChI is InChI=1S/C9H15N3S.ClH/c1-2-10-3-8(1)4-11-5-9-6-12-7-13-9;/h6-8,10-11H,1-5H2;1H. The Morgan fingerprint density at radius 1 is 1.64 bits per heavy atom. The van der Waals surface area contributed by atoms with Gasteiger partial charge in [0.05, 0.1) is 5.51 Å². The molecule has 3 nitrogen and oxygen atoms in total. The summed E-state index contributed by atoms with van der Waals surface area (Å²) in [7, 11) is 0. The summed E-state index contributed by atoms with van der Waals surface area (Å²) in [6.45, 7) is 4.47. The van der Waals surface area contributed by atoms with Crippen molar-refractivity contribution >= 4 is 23.7 Å². The second kappa shape index (κ2) is 6.35. The zero-order valence-corrected chi connectivity index (χ0v) is 9.66. The molecular weight excluding hydrogens is 218 g/mol. The largest absolute Gasteiger partial charge is 0.316 e. The lowest BCUT2D eigenvalue weighted by molar-refractivity contribution is 0.514. The van der Waals surface area contributed by atoms with Gasteiger partial charge in [-0.1, -0.05) is 0 Å². The molecule has 1 atom stereocenters. The molecule has 5 heteroatoms. The summed E-state index contributed by atoms with van der Waals surface area (Å²) in [4.78, 5) is 5.36. The van der Waals surface area contributed by atoms with E-state index in [1.165, 1.54) is 24.4 Å². The van der Waals surface area contributed by atoms with Crippen molar-refractivity contribution in [3.8, 4) is 0 Å². The minimum absolute atomic E-state index is 0. The van der Waals surface area contributed by atoms with Gasteiger partial charge >= 0.3 is 0 Å². The average Bonchev–Trinajstić information content (AvgIpc) is 2.75. The summed E-state index contributed by atoms with van der Waals surface area (Å²) in [5.41, 5.74) is 1.88. The second-order valence-electron chi connectivity index (χ2n) is 3.46. The number of nitrogens with one attached hydrogen (secondary N) is 2. The monoisotopic (exact) mass is 233 g/mol. The molecule has 2 heterocycles. The Labute approximate surface area is 94.7 Å². The molecule has 1 aliphatic rings. The van der Waals surface area contributed by atoms with Crippen LogP contribution in [0.1, 0.15) is 11.3 Å². The summed E-state index contributed by atoms with van der Waals surface area (Å²) < 4.78 is 0. The van der Waals surface area contributed by atoms with Gasteiger partial charge in [-0.25, -0.2) is 0 Å². The zero-order chi connectivity index (χ0) is 8.93. The summed E-state index contributed by atoms with van der Waals surface area (Å²) in [5, 5.41) is 6.83. The van der Waals surface area contributed by atoms with Crippen LogP contribution in [0.2, 0.25) is 0 Å². The van der Waals surface area contributed by atoms with Crippen LogP contribution in [0.3, 0.4) is 0 Å². The molecule has 0 aromatic carbocycles. The maximum absolute atomic E-state index is 4.04. The maximum atomic E-state index is 4.04. The summed E-state index contributed by atoms with van der Waals surface area (Å²) >= 11 is 1.72. The highest BCUT2D eigenvalue weighted by Gasteiger charge is 2.13. The van der Waals surface area contributed by atoms with E-state index in [0.717, 1.165) is 19.0 Å². The van der Waals surface area contributed by atoms with Crippen LogP contribution in [0.4, 0.5) is 0 Å². The van der Waals surface area contributed by atoms with E-state index in [4.69, 9.17) is 0 Å². The van der Waals surface area contributed by atoms with E-state index in [-0.39, 0.29) is 12.4 Å². The van der Waals surface area contributed by atoms with Crippen LogP contribution >= 0.6 is 23.7 Å². The number of rotatable bonds is 4. The van der Waals surface area contributed by atoms with Gasteiger partial charge in [-0.3, -0.25) is 4.98 Å². The molecule has 2 rings (SSSR count). The Morgan fingerprint density at radius 2 is 2.57 bits per heavy atom. The Balaban J connectivity index is 0.000000980. The van der Waals surface area contributed by atoms with Crippen molar-refractivity contribution in [2.45, 2.75) is 13.0 Å². The number of halogens is 1. The third-order valence-electron chi connectivity index (χ3n) is 2.38. The van der Waals surface area contributed by atoms with E-state index >= 15 is 0 Å². The van der Waals surface area contributed by atoms with E-state index in [1.54, 1.807) is 11.3 Å². The van der Waals surface area contributed by atoms with Crippen LogP contribution in [0.5, 0.6) is 0 Å². The molecular formula is C9H16ClN3S. The first-order valence-electron chi connectivity index (χ1n) is 4.74. The zero-order valence-electron chi connectivity index (χ0n) is 8.03. The van der Waals surface area contributed by atoms with Gasteiger partial charge in [0, 0.05) is 17.6 Å². The van der Waals surface area contributed by atoms with Crippen molar-refractivity contribution in [2.24, 2.45) is 5.92 Å². The molecule has 80 valence electrons. The first kappa shape index (κ1) is 11.9. The first-order valence-corrected chi connectivity index (χ1v) is 5.62. The lowest BCUT2D eigenvalue weighted by Crippen LogP contribution is -2.23. The van der Waals surface area contributed by atoms with Crippen LogP contribution in [-0.4, -0.2) is 24.6 Å². The normalized spacial score (nSPS) is 20.7. The Bertz CT molecular complexity index is 234. The van der Waals surface area contributed by atoms with E-state index in [0.29, 0.717) is 0 Å². The predicted molar refractivity (Wildman–Crippen MR) is 62.0 cm³/mol. The Kier molecular flexibility index (Phi) is 5.40. The maximum Gasteiger partial charge on any atom is 0.0794 e. The third kappa shape index (κ3) is 3.53. The molecule has 0 amide bonds. The van der Waals surface area contributed by atoms with Crippen LogP contribution < -0.4 is 10.6 Å². The molecule has 0 saturated carbocycles. The van der Waals surface area contributed by atoms with Gasteiger partial charge in [-0.2, -0.15) is 0 Å². The van der Waals surface area contributed by atoms with Crippen molar-refractivity contribution in [2.75, 3.05) is 19.6 Å². The quantitative estimate of drug-likeness (QED) is 0.823. The van der Waals surface area contributed by atoms with E-state index in [9.17, 15) is 0 Å². The van der Waals surface area contributed by atoms with Crippen molar-refractivity contribution in [1.29, 1.82) is 0 Å². The fraction of sp³-hybridized carbons (Fsp3) is 0.667. The summed E-state index contributed by atoms with van der Waals surface area (Å²) in [6.07, 6.45) is 3.25.